The van der Waals surface area contributed by atoms with Gasteiger partial charge in [-0.15, -0.1) is 0 Å². The largest absolute Gasteiger partial charge is 0.341 e. The number of carbonyl (C=O) groups is 2. The smallest absolute Gasteiger partial charge is 0.321 e. The molecular weight excluding hydrogens is 350 g/mol. The second-order valence-electron chi connectivity index (χ2n) is 8.31. The van der Waals surface area contributed by atoms with Gasteiger partial charge in [-0.1, -0.05) is 38.3 Å². The Morgan fingerprint density at radius 2 is 1.64 bits per heavy atom. The number of nitrogens with one attached hydrogen (secondary N) is 1. The number of hydrogen-bond donors (Lipinski definition) is 1. The van der Waals surface area contributed by atoms with E-state index in [0.717, 1.165) is 25.1 Å². The Labute approximate surface area is 169 Å². The Morgan fingerprint density at radius 3 is 2.36 bits per heavy atom. The van der Waals surface area contributed by atoms with Gasteiger partial charge in [0.15, 0.2) is 0 Å². The van der Waals surface area contributed by atoms with E-state index in [1.807, 2.05) is 21.9 Å². The first-order valence-electron chi connectivity index (χ1n) is 11.1. The summed E-state index contributed by atoms with van der Waals surface area (Å²) in [6.45, 7) is 4.92. The van der Waals surface area contributed by atoms with Crippen LogP contribution < -0.4 is 5.32 Å². The Kier molecular flexibility index (Phi) is 7.75. The SMILES string of the molecule is CCCCc1ccc(NC(=O)N2CCCN(C(=O)CC3CCCC3)CC2)cc1. The first kappa shape index (κ1) is 20.7. The predicted octanol–water partition coefficient (Wildman–Crippen LogP) is 4.68. The topological polar surface area (TPSA) is 52.7 Å². The molecule has 1 heterocycles. The second kappa shape index (κ2) is 10.5. The number of amides is 3. The summed E-state index contributed by atoms with van der Waals surface area (Å²) in [5, 5.41) is 3.01. The van der Waals surface area contributed by atoms with Crippen molar-refractivity contribution in [2.75, 3.05) is 31.5 Å². The maximum absolute atomic E-state index is 12.6. The Balaban J connectivity index is 1.46. The minimum Gasteiger partial charge on any atom is -0.341 e. The molecule has 2 fully saturated rings. The third-order valence-electron chi connectivity index (χ3n) is 6.10. The van der Waals surface area contributed by atoms with Crippen LogP contribution in [0.25, 0.3) is 0 Å². The quantitative estimate of drug-likeness (QED) is 0.773. The van der Waals surface area contributed by atoms with Crippen LogP contribution in [0.15, 0.2) is 24.3 Å². The van der Waals surface area contributed by atoms with Crippen LogP contribution in [-0.4, -0.2) is 47.9 Å². The van der Waals surface area contributed by atoms with Gasteiger partial charge in [-0.25, -0.2) is 4.79 Å². The van der Waals surface area contributed by atoms with Crippen LogP contribution in [0.3, 0.4) is 0 Å². The van der Waals surface area contributed by atoms with Gasteiger partial charge in [0.25, 0.3) is 0 Å². The van der Waals surface area contributed by atoms with E-state index in [1.165, 1.54) is 44.1 Å². The van der Waals surface area contributed by atoms with Crippen LogP contribution in [0.1, 0.15) is 63.9 Å². The lowest BCUT2D eigenvalue weighted by Crippen LogP contribution is -2.39. The lowest BCUT2D eigenvalue weighted by molar-refractivity contribution is -0.132. The molecule has 3 rings (SSSR count). The Hall–Kier alpha value is -2.04. The molecule has 0 spiro atoms. The summed E-state index contributed by atoms with van der Waals surface area (Å²) in [7, 11) is 0. The van der Waals surface area contributed by atoms with Gasteiger partial charge in [0.2, 0.25) is 5.91 Å². The average Bonchev–Trinajstić information content (AvgIpc) is 3.08. The summed E-state index contributed by atoms with van der Waals surface area (Å²) in [5.74, 6) is 0.854. The zero-order valence-electron chi connectivity index (χ0n) is 17.3. The third-order valence-corrected chi connectivity index (χ3v) is 6.10. The summed E-state index contributed by atoms with van der Waals surface area (Å²) in [6.07, 6.45) is 9.94. The van der Waals surface area contributed by atoms with Crippen LogP contribution in [0.5, 0.6) is 0 Å². The highest BCUT2D eigenvalue weighted by Gasteiger charge is 2.25. The number of unbranched alkanes of at least 4 members (excludes halogenated alkanes) is 1. The molecule has 0 bridgehead atoms. The van der Waals surface area contributed by atoms with Crippen molar-refractivity contribution in [3.63, 3.8) is 0 Å². The fourth-order valence-electron chi connectivity index (χ4n) is 4.30. The molecule has 1 N–H and O–H groups in total. The number of hydrogen-bond acceptors (Lipinski definition) is 2. The third kappa shape index (κ3) is 5.98. The van der Waals surface area contributed by atoms with E-state index in [-0.39, 0.29) is 11.9 Å². The fourth-order valence-corrected chi connectivity index (χ4v) is 4.30. The van der Waals surface area contributed by atoms with Crippen molar-refractivity contribution >= 4 is 17.6 Å². The monoisotopic (exact) mass is 385 g/mol. The molecular formula is C23H35N3O2. The molecule has 5 nitrogen and oxygen atoms in total. The van der Waals surface area contributed by atoms with Crippen molar-refractivity contribution in [3.8, 4) is 0 Å². The van der Waals surface area contributed by atoms with E-state index in [4.69, 9.17) is 0 Å². The summed E-state index contributed by atoms with van der Waals surface area (Å²) in [4.78, 5) is 29.0. The van der Waals surface area contributed by atoms with Gasteiger partial charge in [-0.2, -0.15) is 0 Å². The molecule has 28 heavy (non-hydrogen) atoms. The van der Waals surface area contributed by atoms with Crippen molar-refractivity contribution in [1.29, 1.82) is 0 Å². The molecule has 5 heteroatoms. The molecule has 1 aromatic rings. The number of aryl methyl sites for hydroxylation is 1. The maximum Gasteiger partial charge on any atom is 0.321 e. The zero-order valence-corrected chi connectivity index (χ0v) is 17.3. The molecule has 1 aliphatic carbocycles. The highest BCUT2D eigenvalue weighted by Crippen LogP contribution is 2.28. The van der Waals surface area contributed by atoms with Crippen molar-refractivity contribution in [2.45, 2.75) is 64.7 Å². The van der Waals surface area contributed by atoms with Gasteiger partial charge in [0, 0.05) is 38.3 Å². The molecule has 1 saturated heterocycles. The highest BCUT2D eigenvalue weighted by molar-refractivity contribution is 5.89. The molecule has 0 atom stereocenters. The van der Waals surface area contributed by atoms with Gasteiger partial charge in [0.1, 0.15) is 0 Å². The average molecular weight is 386 g/mol. The van der Waals surface area contributed by atoms with E-state index in [1.54, 1.807) is 0 Å². The molecule has 0 aromatic heterocycles. The van der Waals surface area contributed by atoms with Gasteiger partial charge in [-0.05, 0) is 55.7 Å². The zero-order chi connectivity index (χ0) is 19.8. The molecule has 1 saturated carbocycles. The summed E-state index contributed by atoms with van der Waals surface area (Å²) in [5.41, 5.74) is 2.15. The van der Waals surface area contributed by atoms with E-state index in [2.05, 4.69) is 24.4 Å². The van der Waals surface area contributed by atoms with Crippen LogP contribution in [0.2, 0.25) is 0 Å². The number of anilines is 1. The van der Waals surface area contributed by atoms with Gasteiger partial charge >= 0.3 is 6.03 Å². The van der Waals surface area contributed by atoms with Gasteiger partial charge in [-0.3, -0.25) is 4.79 Å². The summed E-state index contributed by atoms with van der Waals surface area (Å²) < 4.78 is 0. The van der Waals surface area contributed by atoms with Crippen molar-refractivity contribution in [3.05, 3.63) is 29.8 Å². The van der Waals surface area contributed by atoms with E-state index in [0.29, 0.717) is 32.0 Å². The van der Waals surface area contributed by atoms with Crippen LogP contribution in [0, 0.1) is 5.92 Å². The number of nitrogens with zero attached hydrogens (tertiary/aromatic N) is 2. The Bertz CT molecular complexity index is 638. The number of carbonyl (C=O) groups excluding carboxylic acids is 2. The minimum atomic E-state index is -0.0635. The summed E-state index contributed by atoms with van der Waals surface area (Å²) in [6, 6.07) is 8.09. The van der Waals surface area contributed by atoms with E-state index in [9.17, 15) is 9.59 Å². The second-order valence-corrected chi connectivity index (χ2v) is 8.31. The van der Waals surface area contributed by atoms with E-state index < -0.39 is 0 Å². The van der Waals surface area contributed by atoms with Crippen molar-refractivity contribution < 1.29 is 9.59 Å². The fraction of sp³-hybridized carbons (Fsp3) is 0.652. The molecule has 2 aliphatic rings. The lowest BCUT2D eigenvalue weighted by atomic mass is 10.0. The summed E-state index contributed by atoms with van der Waals surface area (Å²) >= 11 is 0. The molecule has 0 radical (unpaired) electrons. The first-order valence-corrected chi connectivity index (χ1v) is 11.1. The normalized spacial score (nSPS) is 18.2. The predicted molar refractivity (Wildman–Crippen MR) is 113 cm³/mol. The number of urea groups is 1. The van der Waals surface area contributed by atoms with Gasteiger partial charge < -0.3 is 15.1 Å². The van der Waals surface area contributed by atoms with Crippen LogP contribution in [-0.2, 0) is 11.2 Å². The number of rotatable bonds is 6. The molecule has 1 aromatic carbocycles. The molecule has 0 unspecified atom stereocenters. The molecule has 3 amide bonds. The van der Waals surface area contributed by atoms with Gasteiger partial charge in [0.05, 0.1) is 0 Å². The molecule has 1 aliphatic heterocycles. The standard InChI is InChI=1S/C23H35N3O2/c1-2-3-7-19-10-12-21(13-11-19)24-23(28)26-15-6-14-25(16-17-26)22(27)18-20-8-4-5-9-20/h10-13,20H,2-9,14-18H2,1H3,(H,24,28). The van der Waals surface area contributed by atoms with Crippen LogP contribution in [0.4, 0.5) is 10.5 Å². The van der Waals surface area contributed by atoms with Crippen LogP contribution >= 0.6 is 0 Å². The molecule has 154 valence electrons. The minimum absolute atomic E-state index is 0.0635. The van der Waals surface area contributed by atoms with Crippen molar-refractivity contribution in [2.24, 2.45) is 5.92 Å². The first-order chi connectivity index (χ1) is 13.7. The highest BCUT2D eigenvalue weighted by atomic mass is 16.2. The maximum atomic E-state index is 12.6. The lowest BCUT2D eigenvalue weighted by Gasteiger charge is -2.23. The Morgan fingerprint density at radius 1 is 0.964 bits per heavy atom. The number of benzene rings is 1. The van der Waals surface area contributed by atoms with E-state index >= 15 is 0 Å². The van der Waals surface area contributed by atoms with Crippen molar-refractivity contribution in [1.82, 2.24) is 9.80 Å².